The number of fused-ring (bicyclic) bond motifs is 3. The number of benzene rings is 1. The highest BCUT2D eigenvalue weighted by molar-refractivity contribution is 5.95. The van der Waals surface area contributed by atoms with E-state index < -0.39 is 0 Å². The maximum Gasteiger partial charge on any atom is 0.251 e. The van der Waals surface area contributed by atoms with Crippen molar-refractivity contribution in [3.63, 3.8) is 0 Å². The molecule has 2 atom stereocenters. The lowest BCUT2D eigenvalue weighted by molar-refractivity contribution is 0.0963. The van der Waals surface area contributed by atoms with Crippen LogP contribution < -0.4 is 10.2 Å². The number of likely N-dealkylation sites (tertiary alicyclic amines) is 1. The Morgan fingerprint density at radius 2 is 2.16 bits per heavy atom. The normalized spacial score (nSPS) is 29.3. The van der Waals surface area contributed by atoms with Gasteiger partial charge < -0.3 is 10.2 Å². The molecule has 2 aliphatic rings. The predicted molar refractivity (Wildman–Crippen MR) is 76.6 cm³/mol. The molecule has 4 heteroatoms. The predicted octanol–water partition coefficient (Wildman–Crippen LogP) is 1.42. The van der Waals surface area contributed by atoms with Gasteiger partial charge in [-0.15, -0.1) is 0 Å². The Labute approximate surface area is 114 Å². The van der Waals surface area contributed by atoms with Crippen LogP contribution in [0.25, 0.3) is 0 Å². The molecule has 0 bridgehead atoms. The standard InChI is InChI=1S/C15H21N3O/c1-15-7-8-17(3)14(15)18(4)12-6-5-10(9-11(12)15)13(19)16-2/h5-6,9,14H,7-8H2,1-4H3,(H,16,19)/t14-,15+/m1/s1. The second-order valence-electron chi connectivity index (χ2n) is 5.94. The van der Waals surface area contributed by atoms with Gasteiger partial charge in [-0.2, -0.15) is 0 Å². The topological polar surface area (TPSA) is 35.6 Å². The number of amides is 1. The lowest BCUT2D eigenvalue weighted by Crippen LogP contribution is -2.45. The number of anilines is 1. The summed E-state index contributed by atoms with van der Waals surface area (Å²) in [4.78, 5) is 16.6. The van der Waals surface area contributed by atoms with E-state index in [1.54, 1.807) is 7.05 Å². The van der Waals surface area contributed by atoms with Crippen LogP contribution in [-0.2, 0) is 5.41 Å². The molecule has 1 aromatic rings. The first-order chi connectivity index (χ1) is 8.99. The molecule has 4 nitrogen and oxygen atoms in total. The van der Waals surface area contributed by atoms with Gasteiger partial charge in [0.15, 0.2) is 0 Å². The van der Waals surface area contributed by atoms with Crippen LogP contribution in [0.15, 0.2) is 18.2 Å². The minimum atomic E-state index is -0.0103. The smallest absolute Gasteiger partial charge is 0.251 e. The van der Waals surface area contributed by atoms with Crippen molar-refractivity contribution >= 4 is 11.6 Å². The maximum absolute atomic E-state index is 11.8. The summed E-state index contributed by atoms with van der Waals surface area (Å²) in [6, 6.07) is 6.07. The van der Waals surface area contributed by atoms with Crippen molar-refractivity contribution in [3.05, 3.63) is 29.3 Å². The second kappa shape index (κ2) is 3.97. The molecule has 1 saturated heterocycles. The lowest BCUT2D eigenvalue weighted by Gasteiger charge is -2.32. The Balaban J connectivity index is 2.12. The van der Waals surface area contributed by atoms with Gasteiger partial charge in [-0.05, 0) is 37.2 Å². The van der Waals surface area contributed by atoms with Crippen LogP contribution >= 0.6 is 0 Å². The summed E-state index contributed by atoms with van der Waals surface area (Å²) >= 11 is 0. The average Bonchev–Trinajstić information content (AvgIpc) is 2.83. The molecule has 2 aliphatic heterocycles. The molecule has 0 saturated carbocycles. The van der Waals surface area contributed by atoms with Crippen molar-refractivity contribution < 1.29 is 4.79 Å². The second-order valence-corrected chi connectivity index (χ2v) is 5.94. The first-order valence-electron chi connectivity index (χ1n) is 6.79. The van der Waals surface area contributed by atoms with Crippen LogP contribution in [0.5, 0.6) is 0 Å². The molecule has 102 valence electrons. The summed E-state index contributed by atoms with van der Waals surface area (Å²) in [5.41, 5.74) is 3.45. The number of likely N-dealkylation sites (N-methyl/N-ethyl adjacent to an activating group) is 2. The van der Waals surface area contributed by atoms with Crippen LogP contribution in [0.3, 0.4) is 0 Å². The largest absolute Gasteiger partial charge is 0.358 e. The van der Waals surface area contributed by atoms with E-state index in [9.17, 15) is 4.79 Å². The minimum Gasteiger partial charge on any atom is -0.358 e. The van der Waals surface area contributed by atoms with Crippen molar-refractivity contribution in [3.8, 4) is 0 Å². The van der Waals surface area contributed by atoms with Crippen LogP contribution in [0.1, 0.15) is 29.3 Å². The van der Waals surface area contributed by atoms with E-state index in [-0.39, 0.29) is 11.3 Å². The zero-order chi connectivity index (χ0) is 13.8. The number of hydrogen-bond acceptors (Lipinski definition) is 3. The van der Waals surface area contributed by atoms with Crippen LogP contribution in [-0.4, -0.2) is 44.7 Å². The average molecular weight is 259 g/mol. The fraction of sp³-hybridized carbons (Fsp3) is 0.533. The molecule has 1 aromatic carbocycles. The summed E-state index contributed by atoms with van der Waals surface area (Å²) < 4.78 is 0. The number of nitrogens with zero attached hydrogens (tertiary/aromatic N) is 2. The monoisotopic (exact) mass is 259 g/mol. The Hall–Kier alpha value is -1.55. The molecule has 1 amide bonds. The molecule has 2 heterocycles. The van der Waals surface area contributed by atoms with Crippen molar-refractivity contribution in [2.45, 2.75) is 24.9 Å². The molecule has 0 spiro atoms. The summed E-state index contributed by atoms with van der Waals surface area (Å²) in [7, 11) is 6.00. The first kappa shape index (κ1) is 12.5. The van der Waals surface area contributed by atoms with E-state index in [4.69, 9.17) is 0 Å². The zero-order valence-corrected chi connectivity index (χ0v) is 12.0. The van der Waals surface area contributed by atoms with E-state index in [0.29, 0.717) is 6.17 Å². The number of hydrogen-bond donors (Lipinski definition) is 1. The van der Waals surface area contributed by atoms with Gasteiger partial charge >= 0.3 is 0 Å². The first-order valence-corrected chi connectivity index (χ1v) is 6.79. The van der Waals surface area contributed by atoms with E-state index >= 15 is 0 Å². The van der Waals surface area contributed by atoms with E-state index in [2.05, 4.69) is 48.3 Å². The molecule has 3 rings (SSSR count). The Morgan fingerprint density at radius 3 is 2.84 bits per heavy atom. The van der Waals surface area contributed by atoms with E-state index in [1.165, 1.54) is 11.3 Å². The number of carbonyl (C=O) groups is 1. The Morgan fingerprint density at radius 1 is 1.42 bits per heavy atom. The SMILES string of the molecule is CNC(=O)c1ccc2c(c1)[C@]1(C)CCN(C)[C@@H]1N2C. The number of carbonyl (C=O) groups excluding carboxylic acids is 1. The number of nitrogens with one attached hydrogen (secondary N) is 1. The van der Waals surface area contributed by atoms with Crippen molar-refractivity contribution in [2.75, 3.05) is 32.6 Å². The minimum absolute atomic E-state index is 0.0103. The zero-order valence-electron chi connectivity index (χ0n) is 12.0. The fourth-order valence-electron chi connectivity index (χ4n) is 3.86. The summed E-state index contributed by atoms with van der Waals surface area (Å²) in [6.07, 6.45) is 1.55. The van der Waals surface area contributed by atoms with E-state index in [1.807, 2.05) is 6.07 Å². The van der Waals surface area contributed by atoms with Crippen molar-refractivity contribution in [1.82, 2.24) is 10.2 Å². The van der Waals surface area contributed by atoms with Gasteiger partial charge in [-0.25, -0.2) is 0 Å². The molecular formula is C15H21N3O. The van der Waals surface area contributed by atoms with Gasteiger partial charge in [0.2, 0.25) is 0 Å². The molecule has 19 heavy (non-hydrogen) atoms. The van der Waals surface area contributed by atoms with Gasteiger partial charge in [0.25, 0.3) is 5.91 Å². The summed E-state index contributed by atoms with van der Waals surface area (Å²) in [5.74, 6) is -0.0103. The summed E-state index contributed by atoms with van der Waals surface area (Å²) in [5, 5.41) is 2.70. The Bertz CT molecular complexity index is 542. The van der Waals surface area contributed by atoms with E-state index in [0.717, 1.165) is 18.5 Å². The summed E-state index contributed by atoms with van der Waals surface area (Å²) in [6.45, 7) is 3.42. The Kier molecular flexibility index (Phi) is 2.61. The van der Waals surface area contributed by atoms with Gasteiger partial charge in [-0.3, -0.25) is 9.69 Å². The molecule has 0 unspecified atom stereocenters. The fourth-order valence-corrected chi connectivity index (χ4v) is 3.86. The van der Waals surface area contributed by atoms with Crippen LogP contribution in [0, 0.1) is 0 Å². The molecule has 0 aromatic heterocycles. The van der Waals surface area contributed by atoms with Crippen LogP contribution in [0.2, 0.25) is 0 Å². The highest BCUT2D eigenvalue weighted by atomic mass is 16.1. The van der Waals surface area contributed by atoms with Crippen LogP contribution in [0.4, 0.5) is 5.69 Å². The van der Waals surface area contributed by atoms with Gasteiger partial charge in [0.05, 0.1) is 6.17 Å². The van der Waals surface area contributed by atoms with Gasteiger partial charge in [0, 0.05) is 37.3 Å². The number of rotatable bonds is 1. The lowest BCUT2D eigenvalue weighted by atomic mass is 9.81. The molecular weight excluding hydrogens is 238 g/mol. The molecule has 1 fully saturated rings. The third-order valence-corrected chi connectivity index (χ3v) is 4.82. The third kappa shape index (κ3) is 1.53. The third-order valence-electron chi connectivity index (χ3n) is 4.82. The molecule has 0 aliphatic carbocycles. The molecule has 1 N–H and O–H groups in total. The van der Waals surface area contributed by atoms with Crippen molar-refractivity contribution in [2.24, 2.45) is 0 Å². The van der Waals surface area contributed by atoms with Crippen molar-refractivity contribution in [1.29, 1.82) is 0 Å². The molecule has 0 radical (unpaired) electrons. The van der Waals surface area contributed by atoms with Gasteiger partial charge in [0.1, 0.15) is 0 Å². The van der Waals surface area contributed by atoms with Gasteiger partial charge in [-0.1, -0.05) is 6.92 Å². The highest BCUT2D eigenvalue weighted by Crippen LogP contribution is 2.50. The maximum atomic E-state index is 11.8. The quantitative estimate of drug-likeness (QED) is 0.828. The highest BCUT2D eigenvalue weighted by Gasteiger charge is 2.52.